The van der Waals surface area contributed by atoms with Gasteiger partial charge < -0.3 is 14.3 Å². The van der Waals surface area contributed by atoms with Gasteiger partial charge in [-0.05, 0) is 24.6 Å². The van der Waals surface area contributed by atoms with Crippen molar-refractivity contribution in [1.82, 2.24) is 0 Å². The number of nitriles is 1. The summed E-state index contributed by atoms with van der Waals surface area (Å²) in [6, 6.07) is 14.8. The van der Waals surface area contributed by atoms with Crippen molar-refractivity contribution in [3.05, 3.63) is 64.9 Å². The number of carboxylic acids is 1. The van der Waals surface area contributed by atoms with E-state index in [1.165, 1.54) is 0 Å². The Balaban J connectivity index is 2.06. The molecule has 0 aliphatic carbocycles. The second kappa shape index (κ2) is 5.85. The quantitative estimate of drug-likeness (QED) is 0.790. The molecule has 3 rings (SSSR count). The zero-order valence-electron chi connectivity index (χ0n) is 12.4. The van der Waals surface area contributed by atoms with Crippen LogP contribution in [0.15, 0.2) is 46.9 Å². The third-order valence-electron chi connectivity index (χ3n) is 3.56. The van der Waals surface area contributed by atoms with Crippen LogP contribution in [-0.2, 0) is 6.61 Å². The first kappa shape index (κ1) is 14.7. The van der Waals surface area contributed by atoms with E-state index in [9.17, 15) is 15.2 Å². The van der Waals surface area contributed by atoms with Gasteiger partial charge in [-0.1, -0.05) is 30.3 Å². The van der Waals surface area contributed by atoms with Gasteiger partial charge >= 0.3 is 5.97 Å². The number of benzene rings is 2. The predicted molar refractivity (Wildman–Crippen MR) is 83.4 cm³/mol. The smallest absolute Gasteiger partial charge is 0.339 e. The van der Waals surface area contributed by atoms with E-state index in [4.69, 9.17) is 9.15 Å². The fourth-order valence-electron chi connectivity index (χ4n) is 2.51. The van der Waals surface area contributed by atoms with Gasteiger partial charge in [-0.25, -0.2) is 4.79 Å². The van der Waals surface area contributed by atoms with Crippen LogP contribution in [-0.4, -0.2) is 11.1 Å². The summed E-state index contributed by atoms with van der Waals surface area (Å²) in [5, 5.41) is 19.1. The van der Waals surface area contributed by atoms with Crippen LogP contribution in [0, 0.1) is 18.3 Å². The minimum absolute atomic E-state index is 0.00158. The Kier molecular flexibility index (Phi) is 3.73. The number of hydrogen-bond donors (Lipinski definition) is 1. The van der Waals surface area contributed by atoms with E-state index in [-0.39, 0.29) is 22.3 Å². The number of aryl methyl sites for hydroxylation is 1. The predicted octanol–water partition coefficient (Wildman–Crippen LogP) is 3.89. The average molecular weight is 307 g/mol. The number of carboxylic acid groups (broad SMARTS) is 1. The van der Waals surface area contributed by atoms with Crippen molar-refractivity contribution >= 4 is 16.9 Å². The molecule has 1 N–H and O–H groups in total. The van der Waals surface area contributed by atoms with Crippen LogP contribution in [0.1, 0.15) is 27.2 Å². The standard InChI is InChI=1S/C18H13NO4/c1-11-16(18(20)21)17-13(9-19)14(7-8-15(17)23-11)22-10-12-5-3-2-4-6-12/h2-8H,10H2,1H3,(H,20,21). The maximum absolute atomic E-state index is 11.4. The fourth-order valence-corrected chi connectivity index (χ4v) is 2.51. The van der Waals surface area contributed by atoms with E-state index in [1.807, 2.05) is 36.4 Å². The molecular formula is C18H13NO4. The first-order valence-corrected chi connectivity index (χ1v) is 6.98. The zero-order valence-corrected chi connectivity index (χ0v) is 12.4. The molecule has 0 radical (unpaired) electrons. The minimum Gasteiger partial charge on any atom is -0.487 e. The van der Waals surface area contributed by atoms with Crippen LogP contribution in [0.3, 0.4) is 0 Å². The molecule has 2 aromatic carbocycles. The summed E-state index contributed by atoms with van der Waals surface area (Å²) in [6.07, 6.45) is 0. The number of fused-ring (bicyclic) bond motifs is 1. The molecule has 3 aromatic rings. The highest BCUT2D eigenvalue weighted by Crippen LogP contribution is 2.34. The van der Waals surface area contributed by atoms with E-state index in [1.54, 1.807) is 19.1 Å². The third kappa shape index (κ3) is 2.62. The SMILES string of the molecule is Cc1oc2ccc(OCc3ccccc3)c(C#N)c2c1C(=O)O. The molecule has 5 nitrogen and oxygen atoms in total. The van der Waals surface area contributed by atoms with Crippen LogP contribution in [0.5, 0.6) is 5.75 Å². The highest BCUT2D eigenvalue weighted by atomic mass is 16.5. The Labute approximate surface area is 132 Å². The Morgan fingerprint density at radius 2 is 2.00 bits per heavy atom. The van der Waals surface area contributed by atoms with Crippen LogP contribution in [0.2, 0.25) is 0 Å². The first-order valence-electron chi connectivity index (χ1n) is 6.98. The van der Waals surface area contributed by atoms with Crippen molar-refractivity contribution in [1.29, 1.82) is 5.26 Å². The Morgan fingerprint density at radius 3 is 2.65 bits per heavy atom. The van der Waals surface area contributed by atoms with E-state index in [2.05, 4.69) is 0 Å². The molecule has 23 heavy (non-hydrogen) atoms. The van der Waals surface area contributed by atoms with E-state index in [0.29, 0.717) is 17.9 Å². The molecule has 0 aliphatic rings. The van der Waals surface area contributed by atoms with Gasteiger partial charge in [0.05, 0.1) is 5.39 Å². The van der Waals surface area contributed by atoms with Gasteiger partial charge in [0.1, 0.15) is 40.9 Å². The molecule has 0 aliphatic heterocycles. The van der Waals surface area contributed by atoms with Crippen LogP contribution in [0.25, 0.3) is 11.0 Å². The van der Waals surface area contributed by atoms with E-state index < -0.39 is 5.97 Å². The maximum Gasteiger partial charge on any atom is 0.339 e. The monoisotopic (exact) mass is 307 g/mol. The second-order valence-electron chi connectivity index (χ2n) is 5.04. The normalized spacial score (nSPS) is 10.4. The summed E-state index contributed by atoms with van der Waals surface area (Å²) in [6.45, 7) is 1.86. The molecule has 0 atom stereocenters. The molecule has 0 unspecified atom stereocenters. The molecule has 0 fully saturated rings. The Hall–Kier alpha value is -3.26. The summed E-state index contributed by atoms with van der Waals surface area (Å²) in [4.78, 5) is 11.4. The Bertz CT molecular complexity index is 920. The van der Waals surface area contributed by atoms with Gasteiger partial charge in [0.2, 0.25) is 0 Å². The number of ether oxygens (including phenoxy) is 1. The molecule has 5 heteroatoms. The lowest BCUT2D eigenvalue weighted by atomic mass is 10.0. The van der Waals surface area contributed by atoms with Crippen LogP contribution in [0.4, 0.5) is 0 Å². The fraction of sp³-hybridized carbons (Fsp3) is 0.111. The number of furan rings is 1. The molecular weight excluding hydrogens is 294 g/mol. The lowest BCUT2D eigenvalue weighted by Crippen LogP contribution is -2.00. The number of hydrogen-bond acceptors (Lipinski definition) is 4. The molecule has 0 bridgehead atoms. The molecule has 0 saturated heterocycles. The number of nitrogens with zero attached hydrogens (tertiary/aromatic N) is 1. The van der Waals surface area contributed by atoms with Gasteiger partial charge in [0.15, 0.2) is 0 Å². The molecule has 1 heterocycles. The van der Waals surface area contributed by atoms with Crippen LogP contribution >= 0.6 is 0 Å². The summed E-state index contributed by atoms with van der Waals surface area (Å²) in [5.41, 5.74) is 1.50. The second-order valence-corrected chi connectivity index (χ2v) is 5.04. The maximum atomic E-state index is 11.4. The minimum atomic E-state index is -1.13. The van der Waals surface area contributed by atoms with Crippen molar-refractivity contribution in [2.45, 2.75) is 13.5 Å². The molecule has 1 aromatic heterocycles. The summed E-state index contributed by atoms with van der Waals surface area (Å²) < 4.78 is 11.1. The first-order chi connectivity index (χ1) is 11.1. The highest BCUT2D eigenvalue weighted by molar-refractivity contribution is 6.06. The van der Waals surface area contributed by atoms with Gasteiger partial charge in [-0.3, -0.25) is 0 Å². The number of carbonyl (C=O) groups is 1. The molecule has 0 saturated carbocycles. The molecule has 0 amide bonds. The summed E-state index contributed by atoms with van der Waals surface area (Å²) >= 11 is 0. The van der Waals surface area contributed by atoms with E-state index >= 15 is 0 Å². The van der Waals surface area contributed by atoms with Crippen molar-refractivity contribution in [3.63, 3.8) is 0 Å². The summed E-state index contributed by atoms with van der Waals surface area (Å²) in [5.74, 6) is -0.519. The molecule has 114 valence electrons. The van der Waals surface area contributed by atoms with Crippen molar-refractivity contribution < 1.29 is 19.1 Å². The van der Waals surface area contributed by atoms with Gasteiger partial charge in [-0.15, -0.1) is 0 Å². The van der Waals surface area contributed by atoms with Gasteiger partial charge in [0.25, 0.3) is 0 Å². The topological polar surface area (TPSA) is 83.5 Å². The number of rotatable bonds is 4. The van der Waals surface area contributed by atoms with E-state index in [0.717, 1.165) is 5.56 Å². The Morgan fingerprint density at radius 1 is 1.26 bits per heavy atom. The summed E-state index contributed by atoms with van der Waals surface area (Å²) in [7, 11) is 0. The average Bonchev–Trinajstić information content (AvgIpc) is 2.89. The van der Waals surface area contributed by atoms with Crippen molar-refractivity contribution in [3.8, 4) is 11.8 Å². The highest BCUT2D eigenvalue weighted by Gasteiger charge is 2.22. The van der Waals surface area contributed by atoms with Crippen LogP contribution < -0.4 is 4.74 Å². The van der Waals surface area contributed by atoms with Crippen molar-refractivity contribution in [2.75, 3.05) is 0 Å². The van der Waals surface area contributed by atoms with Crippen molar-refractivity contribution in [2.24, 2.45) is 0 Å². The largest absolute Gasteiger partial charge is 0.487 e. The third-order valence-corrected chi connectivity index (χ3v) is 3.56. The van der Waals surface area contributed by atoms with Gasteiger partial charge in [0, 0.05) is 0 Å². The number of aromatic carboxylic acids is 1. The zero-order chi connectivity index (χ0) is 16.4. The molecule has 0 spiro atoms. The lowest BCUT2D eigenvalue weighted by Gasteiger charge is -2.08. The van der Waals surface area contributed by atoms with Gasteiger partial charge in [-0.2, -0.15) is 5.26 Å². The lowest BCUT2D eigenvalue weighted by molar-refractivity contribution is 0.0697.